The van der Waals surface area contributed by atoms with Crippen molar-refractivity contribution in [3.05, 3.63) is 50.7 Å². The van der Waals surface area contributed by atoms with Crippen molar-refractivity contribution in [3.8, 4) is 0 Å². The standard InChI is InChI=1S/C14H12Cl2N2OS/c1-18-7-9-6-8(2-3-11(9)17-14(18)19)12(16)13-10(15)4-5-20-13/h2-6,12H,7H2,1H3,(H,17,19). The van der Waals surface area contributed by atoms with Crippen LogP contribution in [0.25, 0.3) is 0 Å². The van der Waals surface area contributed by atoms with Gasteiger partial charge in [0.05, 0.1) is 10.4 Å². The highest BCUT2D eigenvalue weighted by atomic mass is 35.5. The van der Waals surface area contributed by atoms with E-state index < -0.39 is 0 Å². The van der Waals surface area contributed by atoms with Gasteiger partial charge in [-0.3, -0.25) is 0 Å². The second kappa shape index (κ2) is 5.28. The molecule has 0 fully saturated rings. The normalized spacial score (nSPS) is 15.8. The SMILES string of the molecule is CN1Cc2cc(C(Cl)c3sccc3Cl)ccc2NC1=O. The highest BCUT2D eigenvalue weighted by Crippen LogP contribution is 2.38. The molecule has 2 amide bonds. The lowest BCUT2D eigenvalue weighted by Crippen LogP contribution is -2.35. The van der Waals surface area contributed by atoms with Gasteiger partial charge in [0.1, 0.15) is 0 Å². The van der Waals surface area contributed by atoms with Gasteiger partial charge in [0, 0.05) is 24.2 Å². The number of rotatable bonds is 2. The first-order valence-electron chi connectivity index (χ1n) is 6.08. The van der Waals surface area contributed by atoms with Crippen molar-refractivity contribution in [2.45, 2.75) is 11.9 Å². The van der Waals surface area contributed by atoms with E-state index in [4.69, 9.17) is 23.2 Å². The predicted octanol–water partition coefficient (Wildman–Crippen LogP) is 4.71. The summed E-state index contributed by atoms with van der Waals surface area (Å²) >= 11 is 14.2. The average molecular weight is 327 g/mol. The van der Waals surface area contributed by atoms with Crippen LogP contribution in [-0.2, 0) is 6.54 Å². The third kappa shape index (κ3) is 2.39. The van der Waals surface area contributed by atoms with E-state index >= 15 is 0 Å². The Bertz CT molecular complexity index is 671. The molecule has 1 aromatic carbocycles. The lowest BCUT2D eigenvalue weighted by atomic mass is 10.0. The van der Waals surface area contributed by atoms with Crippen molar-refractivity contribution < 1.29 is 4.79 Å². The Labute approximate surface area is 131 Å². The van der Waals surface area contributed by atoms with Crippen molar-refractivity contribution in [2.75, 3.05) is 12.4 Å². The highest BCUT2D eigenvalue weighted by molar-refractivity contribution is 7.11. The monoisotopic (exact) mass is 326 g/mol. The van der Waals surface area contributed by atoms with Crippen molar-refractivity contribution in [1.82, 2.24) is 4.90 Å². The fourth-order valence-corrected chi connectivity index (χ4v) is 3.83. The third-order valence-electron chi connectivity index (χ3n) is 3.29. The van der Waals surface area contributed by atoms with Crippen LogP contribution in [0.1, 0.15) is 21.4 Å². The molecule has 1 aliphatic rings. The number of fused-ring (bicyclic) bond motifs is 1. The second-order valence-corrected chi connectivity index (χ2v) is 6.49. The van der Waals surface area contributed by atoms with Crippen LogP contribution in [-0.4, -0.2) is 18.0 Å². The lowest BCUT2D eigenvalue weighted by Gasteiger charge is -2.26. The molecule has 3 rings (SSSR count). The highest BCUT2D eigenvalue weighted by Gasteiger charge is 2.22. The summed E-state index contributed by atoms with van der Waals surface area (Å²) in [7, 11) is 1.76. The van der Waals surface area contributed by atoms with E-state index in [1.165, 1.54) is 0 Å². The number of alkyl halides is 1. The summed E-state index contributed by atoms with van der Waals surface area (Å²) in [5, 5.41) is 5.20. The van der Waals surface area contributed by atoms with E-state index in [2.05, 4.69) is 5.32 Å². The predicted molar refractivity (Wildman–Crippen MR) is 84.0 cm³/mol. The number of nitrogens with one attached hydrogen (secondary N) is 1. The van der Waals surface area contributed by atoms with E-state index in [-0.39, 0.29) is 11.4 Å². The topological polar surface area (TPSA) is 32.3 Å². The Morgan fingerprint density at radius 3 is 2.90 bits per heavy atom. The molecule has 104 valence electrons. The minimum atomic E-state index is -0.268. The maximum absolute atomic E-state index is 11.6. The maximum Gasteiger partial charge on any atom is 0.321 e. The Morgan fingerprint density at radius 1 is 1.40 bits per heavy atom. The van der Waals surface area contributed by atoms with E-state index in [1.54, 1.807) is 23.3 Å². The van der Waals surface area contributed by atoms with Gasteiger partial charge in [-0.15, -0.1) is 22.9 Å². The largest absolute Gasteiger partial charge is 0.323 e. The molecule has 0 spiro atoms. The van der Waals surface area contributed by atoms with Crippen LogP contribution in [0.2, 0.25) is 5.02 Å². The molecule has 2 aromatic rings. The summed E-state index contributed by atoms with van der Waals surface area (Å²) in [4.78, 5) is 14.2. The third-order valence-corrected chi connectivity index (χ3v) is 5.32. The number of amides is 2. The van der Waals surface area contributed by atoms with Gasteiger partial charge in [-0.2, -0.15) is 0 Å². The van der Waals surface area contributed by atoms with E-state index in [9.17, 15) is 4.79 Å². The molecule has 0 saturated heterocycles. The molecule has 0 bridgehead atoms. The van der Waals surface area contributed by atoms with Crippen molar-refractivity contribution in [2.24, 2.45) is 0 Å². The van der Waals surface area contributed by atoms with E-state index in [0.717, 1.165) is 21.7 Å². The zero-order valence-corrected chi connectivity index (χ0v) is 13.0. The van der Waals surface area contributed by atoms with Crippen LogP contribution < -0.4 is 5.32 Å². The summed E-state index contributed by atoms with van der Waals surface area (Å²) in [6.45, 7) is 0.580. The first kappa shape index (κ1) is 13.7. The number of thiophene rings is 1. The molecule has 0 radical (unpaired) electrons. The Morgan fingerprint density at radius 2 is 2.20 bits per heavy atom. The molecule has 3 nitrogen and oxygen atoms in total. The first-order chi connectivity index (χ1) is 9.56. The number of nitrogens with zero attached hydrogens (tertiary/aromatic N) is 1. The lowest BCUT2D eigenvalue weighted by molar-refractivity contribution is 0.218. The molecule has 6 heteroatoms. The number of anilines is 1. The van der Waals surface area contributed by atoms with Crippen LogP contribution in [0.4, 0.5) is 10.5 Å². The zero-order chi connectivity index (χ0) is 14.3. The maximum atomic E-state index is 11.6. The van der Waals surface area contributed by atoms with Crippen LogP contribution in [0.15, 0.2) is 29.6 Å². The Balaban J connectivity index is 1.95. The first-order valence-corrected chi connectivity index (χ1v) is 7.77. The molecule has 1 aromatic heterocycles. The quantitative estimate of drug-likeness (QED) is 0.796. The molecule has 20 heavy (non-hydrogen) atoms. The van der Waals surface area contributed by atoms with Gasteiger partial charge in [0.2, 0.25) is 0 Å². The van der Waals surface area contributed by atoms with E-state index in [1.807, 2.05) is 29.6 Å². The summed E-state index contributed by atoms with van der Waals surface area (Å²) in [6, 6.07) is 7.61. The summed E-state index contributed by atoms with van der Waals surface area (Å²) in [6.07, 6.45) is 0. The van der Waals surface area contributed by atoms with Crippen molar-refractivity contribution in [3.63, 3.8) is 0 Å². The number of benzene rings is 1. The number of carbonyl (C=O) groups excluding carboxylic acids is 1. The number of hydrogen-bond acceptors (Lipinski definition) is 2. The molecular weight excluding hydrogens is 315 g/mol. The van der Waals surface area contributed by atoms with Gasteiger partial charge >= 0.3 is 6.03 Å². The average Bonchev–Trinajstić information content (AvgIpc) is 2.85. The van der Waals surface area contributed by atoms with Crippen molar-refractivity contribution in [1.29, 1.82) is 0 Å². The fourth-order valence-electron chi connectivity index (χ4n) is 2.20. The van der Waals surface area contributed by atoms with Gasteiger partial charge in [-0.1, -0.05) is 23.7 Å². The van der Waals surface area contributed by atoms with Gasteiger partial charge < -0.3 is 10.2 Å². The minimum absolute atomic E-state index is 0.0889. The van der Waals surface area contributed by atoms with Gasteiger partial charge in [-0.25, -0.2) is 4.79 Å². The Hall–Kier alpha value is -1.23. The molecule has 1 aliphatic heterocycles. The van der Waals surface area contributed by atoms with Gasteiger partial charge in [0.15, 0.2) is 0 Å². The molecule has 0 saturated carbocycles. The minimum Gasteiger partial charge on any atom is -0.323 e. The summed E-state index contributed by atoms with van der Waals surface area (Å²) in [5.74, 6) is 0. The van der Waals surface area contributed by atoms with Crippen LogP contribution in [0.3, 0.4) is 0 Å². The molecule has 0 aliphatic carbocycles. The molecular formula is C14H12Cl2N2OS. The van der Waals surface area contributed by atoms with Gasteiger partial charge in [0.25, 0.3) is 0 Å². The molecule has 2 heterocycles. The van der Waals surface area contributed by atoms with Crippen LogP contribution in [0.5, 0.6) is 0 Å². The molecule has 1 unspecified atom stereocenters. The van der Waals surface area contributed by atoms with Crippen molar-refractivity contribution >= 4 is 46.3 Å². The van der Waals surface area contributed by atoms with Crippen LogP contribution >= 0.6 is 34.5 Å². The number of urea groups is 1. The summed E-state index contributed by atoms with van der Waals surface area (Å²) in [5.41, 5.74) is 2.89. The molecule has 1 N–H and O–H groups in total. The zero-order valence-electron chi connectivity index (χ0n) is 10.7. The smallest absolute Gasteiger partial charge is 0.321 e. The van der Waals surface area contributed by atoms with Crippen LogP contribution in [0, 0.1) is 0 Å². The number of hydrogen-bond donors (Lipinski definition) is 1. The fraction of sp³-hybridized carbons (Fsp3) is 0.214. The number of carbonyl (C=O) groups is 1. The summed E-state index contributed by atoms with van der Waals surface area (Å²) < 4.78 is 0. The molecule has 1 atom stereocenters. The van der Waals surface area contributed by atoms with Gasteiger partial charge in [-0.05, 0) is 28.6 Å². The number of halogens is 2. The Kier molecular flexibility index (Phi) is 3.63. The second-order valence-electron chi connectivity index (χ2n) is 4.70. The van der Waals surface area contributed by atoms with E-state index in [0.29, 0.717) is 11.6 Å².